The average molecular weight is 389 g/mol. The van der Waals surface area contributed by atoms with Gasteiger partial charge in [0.15, 0.2) is 0 Å². The summed E-state index contributed by atoms with van der Waals surface area (Å²) >= 11 is 0. The molecule has 0 fully saturated rings. The third-order valence-corrected chi connectivity index (χ3v) is 4.27. The molecule has 0 aliphatic heterocycles. The zero-order valence-electron chi connectivity index (χ0n) is 17.2. The Balaban J connectivity index is 2.34. The lowest BCUT2D eigenvalue weighted by molar-refractivity contribution is -0.137. The number of ether oxygens (including phenoxy) is 3. The van der Waals surface area contributed by atoms with E-state index in [4.69, 9.17) is 14.2 Å². The fourth-order valence-electron chi connectivity index (χ4n) is 2.52. The summed E-state index contributed by atoms with van der Waals surface area (Å²) in [5, 5.41) is 2.47. The second-order valence-electron chi connectivity index (χ2n) is 6.48. The number of amides is 1. The molecule has 0 atom stereocenters. The van der Waals surface area contributed by atoms with Crippen LogP contribution in [-0.4, -0.2) is 38.4 Å². The van der Waals surface area contributed by atoms with Crippen molar-refractivity contribution in [2.75, 3.05) is 26.4 Å². The molecule has 1 rings (SSSR count). The van der Waals surface area contributed by atoms with E-state index in [1.807, 2.05) is 12.1 Å². The zero-order chi connectivity index (χ0) is 20.9. The summed E-state index contributed by atoms with van der Waals surface area (Å²) in [6, 6.07) is 7.95. The number of esters is 1. The highest BCUT2D eigenvalue weighted by Crippen LogP contribution is 2.27. The second kappa shape index (κ2) is 12.6. The van der Waals surface area contributed by atoms with E-state index in [1.54, 1.807) is 0 Å². The van der Waals surface area contributed by atoms with E-state index in [2.05, 4.69) is 51.7 Å². The molecule has 1 N–H and O–H groups in total. The number of hydrogen-bond donors (Lipinski definition) is 1. The van der Waals surface area contributed by atoms with Crippen LogP contribution in [0.4, 0.5) is 4.79 Å². The van der Waals surface area contributed by atoms with Gasteiger partial charge in [0.1, 0.15) is 25.6 Å². The summed E-state index contributed by atoms with van der Waals surface area (Å²) in [4.78, 5) is 22.3. The predicted octanol–water partition coefficient (Wildman–Crippen LogP) is 4.36. The van der Waals surface area contributed by atoms with E-state index in [1.165, 1.54) is 16.7 Å². The Morgan fingerprint density at radius 3 is 2.36 bits per heavy atom. The maximum absolute atomic E-state index is 11.5. The SMILES string of the molecule is C=CC(=O)OCCNC(=O)OCCOc1ccc(/C(CC)=C(\C)C(C)C)cc1. The molecule has 0 unspecified atom stereocenters. The molecular weight excluding hydrogens is 358 g/mol. The van der Waals surface area contributed by atoms with Gasteiger partial charge in [-0.2, -0.15) is 0 Å². The van der Waals surface area contributed by atoms with Gasteiger partial charge in [0.05, 0.1) is 6.54 Å². The molecule has 0 saturated carbocycles. The Hall–Kier alpha value is -2.76. The molecule has 0 aliphatic carbocycles. The number of carbonyl (C=O) groups is 2. The molecule has 6 nitrogen and oxygen atoms in total. The summed E-state index contributed by atoms with van der Waals surface area (Å²) in [6.07, 6.45) is 1.46. The Morgan fingerprint density at radius 2 is 1.79 bits per heavy atom. The van der Waals surface area contributed by atoms with Crippen molar-refractivity contribution in [2.45, 2.75) is 34.1 Å². The Bertz CT molecular complexity index is 677. The number of carbonyl (C=O) groups excluding carboxylic acids is 2. The first kappa shape index (κ1) is 23.3. The van der Waals surface area contributed by atoms with Gasteiger partial charge in [0.25, 0.3) is 0 Å². The van der Waals surface area contributed by atoms with E-state index in [0.717, 1.165) is 18.2 Å². The van der Waals surface area contributed by atoms with Crippen molar-refractivity contribution in [3.8, 4) is 5.75 Å². The van der Waals surface area contributed by atoms with Gasteiger partial charge in [-0.25, -0.2) is 9.59 Å². The van der Waals surface area contributed by atoms with E-state index in [9.17, 15) is 9.59 Å². The summed E-state index contributed by atoms with van der Waals surface area (Å²) < 4.78 is 15.3. The van der Waals surface area contributed by atoms with Crippen molar-refractivity contribution in [1.82, 2.24) is 5.32 Å². The van der Waals surface area contributed by atoms with Crippen LogP contribution in [-0.2, 0) is 14.3 Å². The Labute approximate surface area is 167 Å². The van der Waals surface area contributed by atoms with Gasteiger partial charge < -0.3 is 19.5 Å². The van der Waals surface area contributed by atoms with Crippen LogP contribution < -0.4 is 10.1 Å². The van der Waals surface area contributed by atoms with Crippen LogP contribution >= 0.6 is 0 Å². The quantitative estimate of drug-likeness (QED) is 0.346. The van der Waals surface area contributed by atoms with Crippen molar-refractivity contribution < 1.29 is 23.8 Å². The molecule has 1 amide bonds. The van der Waals surface area contributed by atoms with Crippen LogP contribution in [0.2, 0.25) is 0 Å². The van der Waals surface area contributed by atoms with E-state index in [-0.39, 0.29) is 26.4 Å². The van der Waals surface area contributed by atoms with Gasteiger partial charge in [-0.3, -0.25) is 0 Å². The molecular formula is C22H31NO5. The van der Waals surface area contributed by atoms with Crippen LogP contribution in [0, 0.1) is 5.92 Å². The third kappa shape index (κ3) is 8.29. The predicted molar refractivity (Wildman–Crippen MR) is 110 cm³/mol. The van der Waals surface area contributed by atoms with Crippen LogP contribution in [0.15, 0.2) is 42.5 Å². The van der Waals surface area contributed by atoms with Crippen molar-refractivity contribution in [1.29, 1.82) is 0 Å². The lowest BCUT2D eigenvalue weighted by Gasteiger charge is -2.15. The fraction of sp³-hybridized carbons (Fsp3) is 0.455. The largest absolute Gasteiger partial charge is 0.490 e. The van der Waals surface area contributed by atoms with Gasteiger partial charge in [-0.05, 0) is 42.5 Å². The van der Waals surface area contributed by atoms with Crippen molar-refractivity contribution in [2.24, 2.45) is 5.92 Å². The Morgan fingerprint density at radius 1 is 1.11 bits per heavy atom. The molecule has 0 spiro atoms. The minimum atomic E-state index is -0.588. The minimum absolute atomic E-state index is 0.0628. The zero-order valence-corrected chi connectivity index (χ0v) is 17.2. The van der Waals surface area contributed by atoms with Crippen LogP contribution in [0.3, 0.4) is 0 Å². The van der Waals surface area contributed by atoms with E-state index >= 15 is 0 Å². The Kier molecular flexibility index (Phi) is 10.5. The smallest absolute Gasteiger partial charge is 0.407 e. The fourth-order valence-corrected chi connectivity index (χ4v) is 2.52. The van der Waals surface area contributed by atoms with E-state index < -0.39 is 12.1 Å². The first-order valence-corrected chi connectivity index (χ1v) is 9.51. The number of hydrogen-bond acceptors (Lipinski definition) is 5. The maximum Gasteiger partial charge on any atom is 0.407 e. The van der Waals surface area contributed by atoms with Gasteiger partial charge in [0, 0.05) is 6.08 Å². The van der Waals surface area contributed by atoms with Gasteiger partial charge in [-0.1, -0.05) is 45.1 Å². The monoisotopic (exact) mass is 389 g/mol. The number of nitrogens with one attached hydrogen (secondary N) is 1. The maximum atomic E-state index is 11.5. The van der Waals surface area contributed by atoms with Crippen LogP contribution in [0.5, 0.6) is 5.75 Å². The summed E-state index contributed by atoms with van der Waals surface area (Å²) in [5.74, 6) is 0.709. The standard InChI is InChI=1S/C22H31NO5/c1-6-20(17(5)16(3)4)18-8-10-19(11-9-18)26-14-15-28-22(25)23-12-13-27-21(24)7-2/h7-11,16H,2,6,12-15H2,1,3-5H3,(H,23,25)/b20-17+. The molecule has 28 heavy (non-hydrogen) atoms. The topological polar surface area (TPSA) is 73.9 Å². The highest BCUT2D eigenvalue weighted by Gasteiger charge is 2.08. The summed E-state index contributed by atoms with van der Waals surface area (Å²) in [7, 11) is 0. The normalized spacial score (nSPS) is 11.5. The molecule has 1 aromatic rings. The minimum Gasteiger partial charge on any atom is -0.490 e. The molecule has 0 aliphatic rings. The highest BCUT2D eigenvalue weighted by molar-refractivity contribution is 5.81. The van der Waals surface area contributed by atoms with Gasteiger partial charge in [0.2, 0.25) is 0 Å². The number of alkyl carbamates (subject to hydrolysis) is 1. The van der Waals surface area contributed by atoms with Gasteiger partial charge >= 0.3 is 12.1 Å². The first-order chi connectivity index (χ1) is 13.4. The molecule has 0 radical (unpaired) electrons. The van der Waals surface area contributed by atoms with Crippen LogP contribution in [0.1, 0.15) is 39.7 Å². The van der Waals surface area contributed by atoms with Crippen molar-refractivity contribution in [3.63, 3.8) is 0 Å². The second-order valence-corrected chi connectivity index (χ2v) is 6.48. The van der Waals surface area contributed by atoms with Crippen molar-refractivity contribution in [3.05, 3.63) is 48.1 Å². The van der Waals surface area contributed by atoms with Gasteiger partial charge in [-0.15, -0.1) is 0 Å². The highest BCUT2D eigenvalue weighted by atomic mass is 16.6. The average Bonchev–Trinajstić information content (AvgIpc) is 2.69. The molecule has 1 aromatic carbocycles. The number of benzene rings is 1. The molecule has 6 heteroatoms. The molecule has 0 saturated heterocycles. The van der Waals surface area contributed by atoms with Crippen molar-refractivity contribution >= 4 is 17.6 Å². The first-order valence-electron chi connectivity index (χ1n) is 9.51. The number of rotatable bonds is 11. The van der Waals surface area contributed by atoms with E-state index in [0.29, 0.717) is 5.92 Å². The molecule has 0 aromatic heterocycles. The molecule has 0 bridgehead atoms. The summed E-state index contributed by atoms with van der Waals surface area (Å²) in [6.45, 7) is 12.6. The molecule has 154 valence electrons. The lowest BCUT2D eigenvalue weighted by Crippen LogP contribution is -2.29. The van der Waals surface area contributed by atoms with Crippen LogP contribution in [0.25, 0.3) is 5.57 Å². The lowest BCUT2D eigenvalue weighted by atomic mass is 9.92. The summed E-state index contributed by atoms with van der Waals surface area (Å²) in [5.41, 5.74) is 3.96. The number of allylic oxidation sites excluding steroid dienone is 2. The molecule has 0 heterocycles. The third-order valence-electron chi connectivity index (χ3n) is 4.27.